The normalized spacial score (nSPS) is 20.2. The summed E-state index contributed by atoms with van der Waals surface area (Å²) in [5, 5.41) is 0. The molecule has 0 radical (unpaired) electrons. The number of para-hydroxylation sites is 1. The number of aromatic nitrogens is 2. The van der Waals surface area contributed by atoms with Gasteiger partial charge in [0.05, 0.1) is 12.6 Å². The number of aromatic amines is 1. The maximum atomic E-state index is 12.1. The van der Waals surface area contributed by atoms with Gasteiger partial charge in [-0.1, -0.05) is 6.07 Å². The van der Waals surface area contributed by atoms with Crippen LogP contribution in [0.15, 0.2) is 23.0 Å². The lowest BCUT2D eigenvalue weighted by molar-refractivity contribution is 0.282. The Labute approximate surface area is 111 Å². The fourth-order valence-corrected chi connectivity index (χ4v) is 2.93. The molecule has 5 heteroatoms. The average Bonchev–Trinajstić information content (AvgIpc) is 2.95. The molecule has 1 aromatic heterocycles. The molecule has 0 spiro atoms. The molecule has 1 atom stereocenters. The van der Waals surface area contributed by atoms with Crippen LogP contribution in [0.5, 0.6) is 5.75 Å². The molecule has 1 aliphatic rings. The van der Waals surface area contributed by atoms with Crippen molar-refractivity contribution in [3.63, 3.8) is 0 Å². The number of methoxy groups -OCH3 is 1. The molecular weight excluding hydrogens is 242 g/mol. The number of H-pyrrole nitrogens is 1. The predicted molar refractivity (Wildman–Crippen MR) is 74.8 cm³/mol. The van der Waals surface area contributed by atoms with E-state index in [1.165, 1.54) is 6.42 Å². The quantitative estimate of drug-likeness (QED) is 0.909. The smallest absolute Gasteiger partial charge is 0.326 e. The Morgan fingerprint density at radius 1 is 1.47 bits per heavy atom. The van der Waals surface area contributed by atoms with Crippen molar-refractivity contribution in [2.75, 3.05) is 20.7 Å². The number of benzene rings is 1. The number of likely N-dealkylation sites (N-methyl/N-ethyl adjacent to an activating group) is 1. The van der Waals surface area contributed by atoms with Gasteiger partial charge in [-0.25, -0.2) is 4.79 Å². The van der Waals surface area contributed by atoms with E-state index in [0.29, 0.717) is 11.8 Å². The Morgan fingerprint density at radius 2 is 2.32 bits per heavy atom. The van der Waals surface area contributed by atoms with E-state index < -0.39 is 0 Å². The summed E-state index contributed by atoms with van der Waals surface area (Å²) in [6, 6.07) is 6.20. The molecule has 1 fully saturated rings. The van der Waals surface area contributed by atoms with Gasteiger partial charge < -0.3 is 14.6 Å². The molecule has 5 nitrogen and oxygen atoms in total. The summed E-state index contributed by atoms with van der Waals surface area (Å²) in [4.78, 5) is 17.4. The standard InChI is InChI=1S/C14H19N3O2/c1-16-8-4-5-10(16)9-17-11-6-3-7-12(19-2)13(11)15-14(17)18/h3,6-7,10H,4-5,8-9H2,1-2H3,(H,15,18). The summed E-state index contributed by atoms with van der Waals surface area (Å²) in [5.41, 5.74) is 1.65. The molecule has 0 amide bonds. The molecule has 1 saturated heterocycles. The predicted octanol–water partition coefficient (Wildman–Crippen LogP) is 1.43. The van der Waals surface area contributed by atoms with Gasteiger partial charge in [0.2, 0.25) is 0 Å². The van der Waals surface area contributed by atoms with Gasteiger partial charge in [-0.15, -0.1) is 0 Å². The van der Waals surface area contributed by atoms with Crippen LogP contribution in [0.4, 0.5) is 0 Å². The molecule has 0 saturated carbocycles. The van der Waals surface area contributed by atoms with Crippen LogP contribution in [-0.4, -0.2) is 41.2 Å². The minimum absolute atomic E-state index is 0.0557. The van der Waals surface area contributed by atoms with Crippen LogP contribution in [0.2, 0.25) is 0 Å². The summed E-state index contributed by atoms with van der Waals surface area (Å²) >= 11 is 0. The van der Waals surface area contributed by atoms with Gasteiger partial charge in [0.1, 0.15) is 11.3 Å². The van der Waals surface area contributed by atoms with E-state index in [0.717, 1.165) is 30.5 Å². The van der Waals surface area contributed by atoms with Crippen LogP contribution >= 0.6 is 0 Å². The third kappa shape index (κ3) is 2.04. The maximum Gasteiger partial charge on any atom is 0.326 e. The number of imidazole rings is 1. The molecule has 19 heavy (non-hydrogen) atoms. The number of nitrogens with zero attached hydrogens (tertiary/aromatic N) is 2. The summed E-state index contributed by atoms with van der Waals surface area (Å²) in [6.07, 6.45) is 2.36. The highest BCUT2D eigenvalue weighted by Gasteiger charge is 2.23. The van der Waals surface area contributed by atoms with Crippen molar-refractivity contribution in [3.05, 3.63) is 28.7 Å². The second-order valence-corrected chi connectivity index (χ2v) is 5.17. The highest BCUT2D eigenvalue weighted by Crippen LogP contribution is 2.23. The van der Waals surface area contributed by atoms with Crippen LogP contribution < -0.4 is 10.4 Å². The largest absolute Gasteiger partial charge is 0.494 e. The number of nitrogens with one attached hydrogen (secondary N) is 1. The number of likely N-dealkylation sites (tertiary alicyclic amines) is 1. The van der Waals surface area contributed by atoms with Crippen molar-refractivity contribution in [1.29, 1.82) is 0 Å². The fourth-order valence-electron chi connectivity index (χ4n) is 2.93. The van der Waals surface area contributed by atoms with Crippen molar-refractivity contribution in [2.45, 2.75) is 25.4 Å². The van der Waals surface area contributed by atoms with Crippen LogP contribution in [0.3, 0.4) is 0 Å². The lowest BCUT2D eigenvalue weighted by Gasteiger charge is -2.19. The Morgan fingerprint density at radius 3 is 3.00 bits per heavy atom. The zero-order chi connectivity index (χ0) is 13.4. The third-order valence-electron chi connectivity index (χ3n) is 4.06. The van der Waals surface area contributed by atoms with E-state index in [4.69, 9.17) is 4.74 Å². The molecule has 2 heterocycles. The Bertz CT molecular complexity index is 644. The average molecular weight is 261 g/mol. The summed E-state index contributed by atoms with van der Waals surface area (Å²) in [5.74, 6) is 0.716. The van der Waals surface area contributed by atoms with Gasteiger partial charge in [-0.3, -0.25) is 4.57 Å². The van der Waals surface area contributed by atoms with Crippen LogP contribution in [0.1, 0.15) is 12.8 Å². The molecule has 102 valence electrons. The first-order valence-electron chi connectivity index (χ1n) is 6.66. The first kappa shape index (κ1) is 12.3. The van der Waals surface area contributed by atoms with E-state index in [1.807, 2.05) is 22.8 Å². The maximum absolute atomic E-state index is 12.1. The lowest BCUT2D eigenvalue weighted by atomic mass is 10.2. The Balaban J connectivity index is 2.03. The summed E-state index contributed by atoms with van der Waals surface area (Å²) in [6.45, 7) is 1.85. The van der Waals surface area contributed by atoms with E-state index in [2.05, 4.69) is 16.9 Å². The van der Waals surface area contributed by atoms with Crippen LogP contribution in [0.25, 0.3) is 11.0 Å². The zero-order valence-electron chi connectivity index (χ0n) is 11.3. The Hall–Kier alpha value is -1.75. The Kier molecular flexibility index (Phi) is 3.06. The van der Waals surface area contributed by atoms with Gasteiger partial charge >= 0.3 is 5.69 Å². The van der Waals surface area contributed by atoms with E-state index in [1.54, 1.807) is 7.11 Å². The van der Waals surface area contributed by atoms with Crippen molar-refractivity contribution >= 4 is 11.0 Å². The highest BCUT2D eigenvalue weighted by atomic mass is 16.5. The second-order valence-electron chi connectivity index (χ2n) is 5.17. The number of ether oxygens (including phenoxy) is 1. The first-order valence-corrected chi connectivity index (χ1v) is 6.66. The summed E-state index contributed by atoms with van der Waals surface area (Å²) < 4.78 is 7.12. The SMILES string of the molecule is COc1cccc2c1[nH]c(=O)n2CC1CCCN1C. The molecular formula is C14H19N3O2. The van der Waals surface area contributed by atoms with Gasteiger partial charge in [-0.05, 0) is 38.6 Å². The molecule has 2 aromatic rings. The first-order chi connectivity index (χ1) is 9.20. The monoisotopic (exact) mass is 261 g/mol. The molecule has 1 N–H and O–H groups in total. The van der Waals surface area contributed by atoms with Gasteiger partial charge in [0, 0.05) is 12.6 Å². The number of hydrogen-bond donors (Lipinski definition) is 1. The number of hydrogen-bond acceptors (Lipinski definition) is 3. The van der Waals surface area contributed by atoms with E-state index in [9.17, 15) is 4.79 Å². The van der Waals surface area contributed by atoms with Crippen LogP contribution in [0, 0.1) is 0 Å². The van der Waals surface area contributed by atoms with Gasteiger partial charge in [0.25, 0.3) is 0 Å². The fraction of sp³-hybridized carbons (Fsp3) is 0.500. The van der Waals surface area contributed by atoms with Gasteiger partial charge in [-0.2, -0.15) is 0 Å². The molecule has 1 aromatic carbocycles. The van der Waals surface area contributed by atoms with Crippen molar-refractivity contribution in [1.82, 2.24) is 14.5 Å². The van der Waals surface area contributed by atoms with E-state index in [-0.39, 0.29) is 5.69 Å². The van der Waals surface area contributed by atoms with Crippen molar-refractivity contribution in [2.24, 2.45) is 0 Å². The van der Waals surface area contributed by atoms with Crippen molar-refractivity contribution in [3.8, 4) is 5.75 Å². The molecule has 1 unspecified atom stereocenters. The van der Waals surface area contributed by atoms with Crippen LogP contribution in [-0.2, 0) is 6.54 Å². The minimum atomic E-state index is -0.0557. The third-order valence-corrected chi connectivity index (χ3v) is 4.06. The highest BCUT2D eigenvalue weighted by molar-refractivity contribution is 5.81. The number of fused-ring (bicyclic) bond motifs is 1. The second kappa shape index (κ2) is 4.74. The summed E-state index contributed by atoms with van der Waals surface area (Å²) in [7, 11) is 3.74. The topological polar surface area (TPSA) is 50.3 Å². The molecule has 1 aliphatic heterocycles. The van der Waals surface area contributed by atoms with Gasteiger partial charge in [0.15, 0.2) is 0 Å². The molecule has 3 rings (SSSR count). The van der Waals surface area contributed by atoms with E-state index >= 15 is 0 Å². The molecule has 0 bridgehead atoms. The lowest BCUT2D eigenvalue weighted by Crippen LogP contribution is -2.32. The van der Waals surface area contributed by atoms with Crippen molar-refractivity contribution < 1.29 is 4.74 Å². The minimum Gasteiger partial charge on any atom is -0.494 e. The number of rotatable bonds is 3. The zero-order valence-corrected chi connectivity index (χ0v) is 11.3. The molecule has 0 aliphatic carbocycles.